The minimum Gasteiger partial charge on any atom is -0.481 e. The molecule has 0 spiro atoms. The van der Waals surface area contributed by atoms with Crippen molar-refractivity contribution in [3.05, 3.63) is 30.1 Å². The van der Waals surface area contributed by atoms with Crippen molar-refractivity contribution < 1.29 is 23.5 Å². The Labute approximate surface area is 117 Å². The lowest BCUT2D eigenvalue weighted by atomic mass is 10.3. The number of methoxy groups -OCH3 is 1. The van der Waals surface area contributed by atoms with Gasteiger partial charge in [0, 0.05) is 13.6 Å². The molecule has 0 bridgehead atoms. The highest BCUT2D eigenvalue weighted by atomic mass is 19.1. The van der Waals surface area contributed by atoms with Gasteiger partial charge in [-0.3, -0.25) is 9.59 Å². The van der Waals surface area contributed by atoms with Gasteiger partial charge in [0.2, 0.25) is 0 Å². The van der Waals surface area contributed by atoms with Crippen LogP contribution < -0.4 is 4.74 Å². The third-order valence-corrected chi connectivity index (χ3v) is 2.73. The van der Waals surface area contributed by atoms with Crippen molar-refractivity contribution in [1.29, 1.82) is 0 Å². The van der Waals surface area contributed by atoms with E-state index in [4.69, 9.17) is 4.74 Å². The lowest BCUT2D eigenvalue weighted by molar-refractivity contribution is -0.142. The van der Waals surface area contributed by atoms with E-state index in [-0.39, 0.29) is 30.7 Å². The Balaban J connectivity index is 2.49. The van der Waals surface area contributed by atoms with E-state index in [1.807, 2.05) is 0 Å². The highest BCUT2D eigenvalue weighted by Gasteiger charge is 2.19. The van der Waals surface area contributed by atoms with Crippen LogP contribution in [0.15, 0.2) is 24.3 Å². The van der Waals surface area contributed by atoms with Crippen LogP contribution in [0.4, 0.5) is 4.39 Å². The van der Waals surface area contributed by atoms with Crippen molar-refractivity contribution in [1.82, 2.24) is 4.90 Å². The Morgan fingerprint density at radius 2 is 1.90 bits per heavy atom. The lowest BCUT2D eigenvalue weighted by Gasteiger charge is -2.21. The van der Waals surface area contributed by atoms with Gasteiger partial charge in [-0.15, -0.1) is 0 Å². The maximum Gasteiger partial charge on any atom is 0.307 e. The fourth-order valence-corrected chi connectivity index (χ4v) is 1.55. The predicted octanol–water partition coefficient (Wildman–Crippen LogP) is 1.61. The molecule has 1 rings (SSSR count). The highest BCUT2D eigenvalue weighted by molar-refractivity contribution is 5.81. The molecule has 1 unspecified atom stereocenters. The Hall–Kier alpha value is -2.11. The summed E-state index contributed by atoms with van der Waals surface area (Å²) in [5.41, 5.74) is 0. The molecule has 6 heteroatoms. The molecule has 0 N–H and O–H groups in total. The molecule has 1 aromatic carbocycles. The van der Waals surface area contributed by atoms with Crippen molar-refractivity contribution in [2.45, 2.75) is 19.4 Å². The number of amides is 1. The van der Waals surface area contributed by atoms with Crippen LogP contribution in [0.5, 0.6) is 5.75 Å². The first kappa shape index (κ1) is 15.9. The first-order chi connectivity index (χ1) is 9.43. The summed E-state index contributed by atoms with van der Waals surface area (Å²) in [5, 5.41) is 0. The van der Waals surface area contributed by atoms with E-state index in [0.717, 1.165) is 0 Å². The number of likely N-dealkylation sites (N-methyl/N-ethyl adjacent to an activating group) is 1. The SMILES string of the molecule is COC(=O)CCN(C)C(=O)C(C)Oc1ccc(F)cc1. The fraction of sp³-hybridized carbons (Fsp3) is 0.429. The number of hydrogen-bond donors (Lipinski definition) is 0. The summed E-state index contributed by atoms with van der Waals surface area (Å²) in [5.74, 6) is -0.602. The summed E-state index contributed by atoms with van der Waals surface area (Å²) in [7, 11) is 2.88. The van der Waals surface area contributed by atoms with E-state index in [9.17, 15) is 14.0 Å². The number of esters is 1. The Kier molecular flexibility index (Phi) is 5.96. The first-order valence-electron chi connectivity index (χ1n) is 6.18. The number of benzene rings is 1. The minimum atomic E-state index is -0.719. The van der Waals surface area contributed by atoms with Crippen LogP contribution in [0.25, 0.3) is 0 Å². The summed E-state index contributed by atoms with van der Waals surface area (Å²) in [6, 6.07) is 5.42. The molecule has 0 aliphatic heterocycles. The maximum absolute atomic E-state index is 12.7. The molecule has 110 valence electrons. The van der Waals surface area contributed by atoms with Crippen molar-refractivity contribution in [2.75, 3.05) is 20.7 Å². The molecule has 1 atom stereocenters. The number of nitrogens with zero attached hydrogens (tertiary/aromatic N) is 1. The van der Waals surface area contributed by atoms with Gasteiger partial charge >= 0.3 is 5.97 Å². The van der Waals surface area contributed by atoms with E-state index in [0.29, 0.717) is 5.75 Å². The van der Waals surface area contributed by atoms with Gasteiger partial charge in [-0.25, -0.2) is 4.39 Å². The molecule has 0 aliphatic carbocycles. The average Bonchev–Trinajstić information content (AvgIpc) is 2.45. The molecule has 0 aliphatic rings. The summed E-state index contributed by atoms with van der Waals surface area (Å²) in [6.07, 6.45) is -0.592. The predicted molar refractivity (Wildman–Crippen MR) is 70.8 cm³/mol. The minimum absolute atomic E-state index is 0.127. The smallest absolute Gasteiger partial charge is 0.307 e. The molecule has 20 heavy (non-hydrogen) atoms. The number of ether oxygens (including phenoxy) is 2. The number of carbonyl (C=O) groups excluding carboxylic acids is 2. The van der Waals surface area contributed by atoms with Gasteiger partial charge in [0.1, 0.15) is 11.6 Å². The second-order valence-corrected chi connectivity index (χ2v) is 4.30. The van der Waals surface area contributed by atoms with Crippen LogP contribution in [0.2, 0.25) is 0 Å². The molecule has 0 saturated carbocycles. The lowest BCUT2D eigenvalue weighted by Crippen LogP contribution is -2.39. The third-order valence-electron chi connectivity index (χ3n) is 2.73. The summed E-state index contributed by atoms with van der Waals surface area (Å²) < 4.78 is 22.7. The molecule has 0 radical (unpaired) electrons. The average molecular weight is 283 g/mol. The molecule has 5 nitrogen and oxygen atoms in total. The van der Waals surface area contributed by atoms with Crippen molar-refractivity contribution in [2.24, 2.45) is 0 Å². The molecule has 1 amide bonds. The molecular formula is C14H18FNO4. The Morgan fingerprint density at radius 1 is 1.30 bits per heavy atom. The number of hydrogen-bond acceptors (Lipinski definition) is 4. The van der Waals surface area contributed by atoms with E-state index in [1.54, 1.807) is 14.0 Å². The zero-order valence-electron chi connectivity index (χ0n) is 11.8. The Morgan fingerprint density at radius 3 is 2.45 bits per heavy atom. The van der Waals surface area contributed by atoms with Crippen LogP contribution in [-0.2, 0) is 14.3 Å². The normalized spacial score (nSPS) is 11.6. The topological polar surface area (TPSA) is 55.8 Å². The molecule has 0 saturated heterocycles. The Bertz CT molecular complexity index is 461. The van der Waals surface area contributed by atoms with Crippen LogP contribution in [0, 0.1) is 5.82 Å². The van der Waals surface area contributed by atoms with Crippen LogP contribution in [0.3, 0.4) is 0 Å². The van der Waals surface area contributed by atoms with Crippen LogP contribution >= 0.6 is 0 Å². The van der Waals surface area contributed by atoms with Crippen LogP contribution in [0.1, 0.15) is 13.3 Å². The molecule has 1 aromatic rings. The van der Waals surface area contributed by atoms with Gasteiger partial charge in [-0.1, -0.05) is 0 Å². The number of rotatable bonds is 6. The third kappa shape index (κ3) is 4.87. The highest BCUT2D eigenvalue weighted by Crippen LogP contribution is 2.13. The molecule has 0 aromatic heterocycles. The van der Waals surface area contributed by atoms with Gasteiger partial charge in [0.15, 0.2) is 6.10 Å². The number of halogens is 1. The quantitative estimate of drug-likeness (QED) is 0.744. The first-order valence-corrected chi connectivity index (χ1v) is 6.18. The van der Waals surface area contributed by atoms with Gasteiger partial charge < -0.3 is 14.4 Å². The fourth-order valence-electron chi connectivity index (χ4n) is 1.55. The number of carbonyl (C=O) groups is 2. The van der Waals surface area contributed by atoms with E-state index >= 15 is 0 Å². The van der Waals surface area contributed by atoms with Crippen molar-refractivity contribution in [3.8, 4) is 5.75 Å². The van der Waals surface area contributed by atoms with E-state index in [1.165, 1.54) is 36.3 Å². The standard InChI is InChI=1S/C14H18FNO4/c1-10(20-12-6-4-11(15)5-7-12)14(18)16(2)9-8-13(17)19-3/h4-7,10H,8-9H2,1-3H3. The van der Waals surface area contributed by atoms with Crippen molar-refractivity contribution >= 4 is 11.9 Å². The van der Waals surface area contributed by atoms with Crippen molar-refractivity contribution in [3.63, 3.8) is 0 Å². The molecule has 0 heterocycles. The molecule has 0 fully saturated rings. The van der Waals surface area contributed by atoms with Crippen LogP contribution in [-0.4, -0.2) is 43.6 Å². The van der Waals surface area contributed by atoms with E-state index < -0.39 is 6.10 Å². The summed E-state index contributed by atoms with van der Waals surface area (Å²) >= 11 is 0. The largest absolute Gasteiger partial charge is 0.481 e. The van der Waals surface area contributed by atoms with Gasteiger partial charge in [0.05, 0.1) is 13.5 Å². The van der Waals surface area contributed by atoms with Gasteiger partial charge in [0.25, 0.3) is 5.91 Å². The van der Waals surface area contributed by atoms with Gasteiger partial charge in [-0.2, -0.15) is 0 Å². The van der Waals surface area contributed by atoms with E-state index in [2.05, 4.69) is 4.74 Å². The summed E-state index contributed by atoms with van der Waals surface area (Å²) in [4.78, 5) is 24.4. The van der Waals surface area contributed by atoms with Gasteiger partial charge in [-0.05, 0) is 31.2 Å². The monoisotopic (exact) mass is 283 g/mol. The molecular weight excluding hydrogens is 265 g/mol. The zero-order chi connectivity index (χ0) is 15.1. The second-order valence-electron chi connectivity index (χ2n) is 4.30. The summed E-state index contributed by atoms with van der Waals surface area (Å²) in [6.45, 7) is 1.85. The zero-order valence-corrected chi connectivity index (χ0v) is 11.8. The maximum atomic E-state index is 12.7. The second kappa shape index (κ2) is 7.47.